The van der Waals surface area contributed by atoms with Crippen LogP contribution in [0, 0.1) is 5.82 Å². The lowest BCUT2D eigenvalue weighted by molar-refractivity contribution is 0.233. The summed E-state index contributed by atoms with van der Waals surface area (Å²) in [6.07, 6.45) is 7.18. The smallest absolute Gasteiger partial charge is 0.192 e. The number of rotatable bonds is 2. The van der Waals surface area contributed by atoms with Crippen molar-refractivity contribution >= 4 is 17.6 Å². The van der Waals surface area contributed by atoms with Crippen molar-refractivity contribution < 1.29 is 4.39 Å². The molecule has 1 aromatic carbocycles. The van der Waals surface area contributed by atoms with Crippen molar-refractivity contribution in [1.29, 1.82) is 0 Å². The zero-order valence-electron chi connectivity index (χ0n) is 12.1. The molecule has 1 heterocycles. The van der Waals surface area contributed by atoms with Crippen molar-refractivity contribution in [2.24, 2.45) is 10.7 Å². The molecule has 1 aromatic rings. The number of benzene rings is 1. The molecular formula is C16H21ClFN3. The Kier molecular flexibility index (Phi) is 4.34. The maximum atomic E-state index is 14.4. The van der Waals surface area contributed by atoms with Crippen LogP contribution in [0.25, 0.3) is 0 Å². The summed E-state index contributed by atoms with van der Waals surface area (Å²) in [6, 6.07) is 5.41. The van der Waals surface area contributed by atoms with E-state index in [0.717, 1.165) is 12.8 Å². The van der Waals surface area contributed by atoms with Gasteiger partial charge >= 0.3 is 0 Å². The fourth-order valence-corrected chi connectivity index (χ4v) is 3.69. The molecule has 0 amide bonds. The Hall–Kier alpha value is -1.29. The minimum absolute atomic E-state index is 0.119. The number of nitrogens with two attached hydrogens (primary N) is 1. The molecule has 21 heavy (non-hydrogen) atoms. The Morgan fingerprint density at radius 1 is 1.19 bits per heavy atom. The van der Waals surface area contributed by atoms with E-state index in [-0.39, 0.29) is 16.9 Å². The van der Waals surface area contributed by atoms with Gasteiger partial charge in [0.15, 0.2) is 5.96 Å². The summed E-state index contributed by atoms with van der Waals surface area (Å²) in [7, 11) is 0. The predicted molar refractivity (Wildman–Crippen MR) is 84.0 cm³/mol. The molecule has 2 aliphatic rings. The van der Waals surface area contributed by atoms with Crippen molar-refractivity contribution in [2.75, 3.05) is 6.54 Å². The average Bonchev–Trinajstić information content (AvgIpc) is 2.70. The molecule has 3 rings (SSSR count). The van der Waals surface area contributed by atoms with E-state index < -0.39 is 0 Å². The Morgan fingerprint density at radius 2 is 1.90 bits per heavy atom. The van der Waals surface area contributed by atoms with Gasteiger partial charge in [-0.1, -0.05) is 49.4 Å². The van der Waals surface area contributed by atoms with Crippen LogP contribution in [0.4, 0.5) is 4.39 Å². The predicted octanol–water partition coefficient (Wildman–Crippen LogP) is 3.87. The van der Waals surface area contributed by atoms with Crippen molar-refractivity contribution in [2.45, 2.75) is 50.6 Å². The SMILES string of the molecule is NC1=NCC(c2cccc(Cl)c2F)N1C1CCCCCC1. The summed E-state index contributed by atoms with van der Waals surface area (Å²) >= 11 is 5.93. The summed E-state index contributed by atoms with van der Waals surface area (Å²) in [4.78, 5) is 6.49. The van der Waals surface area contributed by atoms with Crippen molar-refractivity contribution in [3.8, 4) is 0 Å². The lowest BCUT2D eigenvalue weighted by atomic mass is 10.0. The number of hydrogen-bond acceptors (Lipinski definition) is 3. The fourth-order valence-electron chi connectivity index (χ4n) is 3.51. The highest BCUT2D eigenvalue weighted by Crippen LogP contribution is 2.35. The fraction of sp³-hybridized carbons (Fsp3) is 0.562. The molecule has 5 heteroatoms. The molecule has 3 nitrogen and oxygen atoms in total. The highest BCUT2D eigenvalue weighted by atomic mass is 35.5. The number of hydrogen-bond donors (Lipinski definition) is 1. The number of halogens is 2. The first kappa shape index (κ1) is 14.6. The second kappa shape index (κ2) is 6.22. The highest BCUT2D eigenvalue weighted by molar-refractivity contribution is 6.30. The summed E-state index contributed by atoms with van der Waals surface area (Å²) in [5.74, 6) is 0.207. The molecular weight excluding hydrogens is 289 g/mol. The highest BCUT2D eigenvalue weighted by Gasteiger charge is 2.35. The first-order valence-corrected chi connectivity index (χ1v) is 8.08. The van der Waals surface area contributed by atoms with E-state index in [2.05, 4.69) is 9.89 Å². The van der Waals surface area contributed by atoms with Gasteiger partial charge < -0.3 is 10.6 Å². The van der Waals surface area contributed by atoms with E-state index in [1.165, 1.54) is 25.7 Å². The molecule has 1 unspecified atom stereocenters. The van der Waals surface area contributed by atoms with E-state index in [9.17, 15) is 4.39 Å². The lowest BCUT2D eigenvalue weighted by Gasteiger charge is -2.34. The van der Waals surface area contributed by atoms with Crippen LogP contribution in [0.5, 0.6) is 0 Å². The first-order valence-electron chi connectivity index (χ1n) is 7.70. The first-order chi connectivity index (χ1) is 10.2. The molecule has 1 fully saturated rings. The minimum atomic E-state index is -0.340. The quantitative estimate of drug-likeness (QED) is 0.843. The van der Waals surface area contributed by atoms with Crippen LogP contribution in [-0.4, -0.2) is 23.4 Å². The molecule has 0 radical (unpaired) electrons. The minimum Gasteiger partial charge on any atom is -0.370 e. The summed E-state index contributed by atoms with van der Waals surface area (Å²) in [6.45, 7) is 0.513. The van der Waals surface area contributed by atoms with Crippen molar-refractivity contribution in [1.82, 2.24) is 4.90 Å². The van der Waals surface area contributed by atoms with Gasteiger partial charge in [-0.25, -0.2) is 4.39 Å². The molecule has 1 saturated carbocycles. The van der Waals surface area contributed by atoms with Crippen LogP contribution in [0.3, 0.4) is 0 Å². The molecule has 0 bridgehead atoms. The monoisotopic (exact) mass is 309 g/mol. The molecule has 0 aromatic heterocycles. The summed E-state index contributed by atoms with van der Waals surface area (Å²) < 4.78 is 14.4. The Morgan fingerprint density at radius 3 is 2.62 bits per heavy atom. The second-order valence-electron chi connectivity index (χ2n) is 5.91. The molecule has 2 N–H and O–H groups in total. The van der Waals surface area contributed by atoms with Gasteiger partial charge in [-0.15, -0.1) is 0 Å². The van der Waals surface area contributed by atoms with Gasteiger partial charge in [0, 0.05) is 11.6 Å². The van der Waals surface area contributed by atoms with E-state index >= 15 is 0 Å². The normalized spacial score (nSPS) is 24.0. The van der Waals surface area contributed by atoms with Crippen LogP contribution >= 0.6 is 11.6 Å². The molecule has 1 aliphatic heterocycles. The van der Waals surface area contributed by atoms with Crippen LogP contribution < -0.4 is 5.73 Å². The zero-order valence-corrected chi connectivity index (χ0v) is 12.8. The van der Waals surface area contributed by atoms with Crippen LogP contribution in [0.2, 0.25) is 5.02 Å². The Bertz CT molecular complexity index is 538. The third kappa shape index (κ3) is 2.86. The Labute approximate surface area is 130 Å². The van der Waals surface area contributed by atoms with Crippen LogP contribution in [0.1, 0.15) is 50.1 Å². The van der Waals surface area contributed by atoms with E-state index in [0.29, 0.717) is 24.1 Å². The van der Waals surface area contributed by atoms with Crippen molar-refractivity contribution in [3.05, 3.63) is 34.6 Å². The molecule has 114 valence electrons. The van der Waals surface area contributed by atoms with Gasteiger partial charge in [-0.05, 0) is 18.9 Å². The number of guanidine groups is 1. The maximum Gasteiger partial charge on any atom is 0.192 e. The summed E-state index contributed by atoms with van der Waals surface area (Å²) in [5.41, 5.74) is 6.70. The van der Waals surface area contributed by atoms with E-state index in [4.69, 9.17) is 17.3 Å². The lowest BCUT2D eigenvalue weighted by Crippen LogP contribution is -2.43. The third-order valence-corrected chi connectivity index (χ3v) is 4.88. The number of aliphatic imine (C=N–C) groups is 1. The third-order valence-electron chi connectivity index (χ3n) is 4.59. The van der Waals surface area contributed by atoms with Crippen LogP contribution in [0.15, 0.2) is 23.2 Å². The van der Waals surface area contributed by atoms with Gasteiger partial charge in [0.05, 0.1) is 17.6 Å². The van der Waals surface area contributed by atoms with Crippen LogP contribution in [-0.2, 0) is 0 Å². The van der Waals surface area contributed by atoms with Gasteiger partial charge in [0.2, 0.25) is 0 Å². The van der Waals surface area contributed by atoms with Gasteiger partial charge in [0.25, 0.3) is 0 Å². The van der Waals surface area contributed by atoms with E-state index in [1.54, 1.807) is 18.2 Å². The van der Waals surface area contributed by atoms with Gasteiger partial charge in [0.1, 0.15) is 5.82 Å². The van der Waals surface area contributed by atoms with Crippen molar-refractivity contribution in [3.63, 3.8) is 0 Å². The topological polar surface area (TPSA) is 41.6 Å². The average molecular weight is 310 g/mol. The largest absolute Gasteiger partial charge is 0.370 e. The number of nitrogens with zero attached hydrogens (tertiary/aromatic N) is 2. The van der Waals surface area contributed by atoms with Gasteiger partial charge in [-0.2, -0.15) is 0 Å². The second-order valence-corrected chi connectivity index (χ2v) is 6.32. The molecule has 1 aliphatic carbocycles. The molecule has 1 atom stereocenters. The zero-order chi connectivity index (χ0) is 14.8. The van der Waals surface area contributed by atoms with E-state index in [1.807, 2.05) is 0 Å². The molecule has 0 spiro atoms. The summed E-state index contributed by atoms with van der Waals surface area (Å²) in [5, 5.41) is 0.166. The Balaban J connectivity index is 1.89. The maximum absolute atomic E-state index is 14.4. The standard InChI is InChI=1S/C16H21ClFN3/c17-13-9-5-8-12(15(13)18)14-10-20-16(19)21(14)11-6-3-1-2-4-7-11/h5,8-9,11,14H,1-4,6-7,10H2,(H2,19,20). The molecule has 0 saturated heterocycles. The van der Waals surface area contributed by atoms with Gasteiger partial charge in [-0.3, -0.25) is 4.99 Å².